The van der Waals surface area contributed by atoms with Gasteiger partial charge >= 0.3 is 0 Å². The number of hydrogen-bond donors (Lipinski definition) is 1. The summed E-state index contributed by atoms with van der Waals surface area (Å²) in [5, 5.41) is 7.68. The largest absolute Gasteiger partial charge is 0.345 e. The highest BCUT2D eigenvalue weighted by atomic mass is 19.1. The number of hydrogen-bond acceptors (Lipinski definition) is 5. The fourth-order valence-electron chi connectivity index (χ4n) is 5.72. The first-order valence-corrected chi connectivity index (χ1v) is 13.9. The van der Waals surface area contributed by atoms with Gasteiger partial charge in [-0.05, 0) is 70.4 Å². The summed E-state index contributed by atoms with van der Waals surface area (Å²) in [7, 11) is 0. The number of likely N-dealkylation sites (tertiary alicyclic amines) is 1. The van der Waals surface area contributed by atoms with Crippen LogP contribution in [0.4, 0.5) is 8.78 Å². The number of nitrogens with one attached hydrogen (secondary N) is 1. The maximum atomic E-state index is 14.5. The van der Waals surface area contributed by atoms with Gasteiger partial charge in [0.2, 0.25) is 11.8 Å². The first-order valence-electron chi connectivity index (χ1n) is 13.9. The molecule has 2 amide bonds. The SMILES string of the molecule is CC(=O)c1cn(CC(=O)N2C[C@H](F)C[C@H]2C(=O)N[C@H](C)C(F)=C(C)C)c2c(C)cc(-c3cnc4cc(C)nn4c3)cc12. The number of aromatic nitrogens is 4. The normalized spacial score (nSPS) is 17.6. The number of benzene rings is 1. The lowest BCUT2D eigenvalue weighted by molar-refractivity contribution is -0.139. The second-order valence-electron chi connectivity index (χ2n) is 11.3. The Morgan fingerprint density at radius 1 is 1.10 bits per heavy atom. The maximum absolute atomic E-state index is 14.5. The number of allylic oxidation sites excluding steroid dienone is 1. The quantitative estimate of drug-likeness (QED) is 0.316. The first kappa shape index (κ1) is 29.1. The third kappa shape index (κ3) is 5.43. The van der Waals surface area contributed by atoms with Crippen LogP contribution in [-0.2, 0) is 16.1 Å². The van der Waals surface area contributed by atoms with E-state index in [4.69, 9.17) is 0 Å². The average Bonchev–Trinajstić information content (AvgIpc) is 3.61. The van der Waals surface area contributed by atoms with Gasteiger partial charge in [-0.3, -0.25) is 14.4 Å². The van der Waals surface area contributed by atoms with Gasteiger partial charge in [0.15, 0.2) is 11.4 Å². The van der Waals surface area contributed by atoms with E-state index in [9.17, 15) is 23.2 Å². The lowest BCUT2D eigenvalue weighted by Gasteiger charge is -2.25. The zero-order valence-corrected chi connectivity index (χ0v) is 24.5. The van der Waals surface area contributed by atoms with Crippen LogP contribution in [0.15, 0.2) is 48.2 Å². The van der Waals surface area contributed by atoms with Crippen LogP contribution >= 0.6 is 0 Å². The third-order valence-electron chi connectivity index (χ3n) is 7.71. The Hall–Kier alpha value is -4.41. The van der Waals surface area contributed by atoms with Crippen LogP contribution in [0.25, 0.3) is 27.7 Å². The second kappa shape index (κ2) is 11.1. The molecule has 4 aromatic rings. The molecule has 0 radical (unpaired) electrons. The molecule has 4 heterocycles. The lowest BCUT2D eigenvalue weighted by Crippen LogP contribution is -2.49. The van der Waals surface area contributed by atoms with Gasteiger partial charge in [0.25, 0.3) is 0 Å². The highest BCUT2D eigenvalue weighted by Gasteiger charge is 2.40. The summed E-state index contributed by atoms with van der Waals surface area (Å²) < 4.78 is 32.2. The Morgan fingerprint density at radius 2 is 1.83 bits per heavy atom. The molecular formula is C31H34F2N6O3. The van der Waals surface area contributed by atoms with Gasteiger partial charge in [-0.1, -0.05) is 0 Å². The molecular weight excluding hydrogens is 542 g/mol. The molecule has 0 aliphatic carbocycles. The predicted octanol–water partition coefficient (Wildman–Crippen LogP) is 4.88. The maximum Gasteiger partial charge on any atom is 0.243 e. The Balaban J connectivity index is 1.46. The molecule has 1 N–H and O–H groups in total. The molecule has 5 rings (SSSR count). The van der Waals surface area contributed by atoms with Crippen molar-refractivity contribution in [1.82, 2.24) is 29.4 Å². The number of carbonyl (C=O) groups excluding carboxylic acids is 3. The first-order chi connectivity index (χ1) is 19.8. The smallest absolute Gasteiger partial charge is 0.243 e. The molecule has 1 aromatic carbocycles. The van der Waals surface area contributed by atoms with Crippen molar-refractivity contribution in [2.24, 2.45) is 0 Å². The number of Topliss-reactive ketones (excluding diaryl/α,β-unsaturated/α-hetero) is 1. The Labute approximate surface area is 242 Å². The number of amides is 2. The van der Waals surface area contributed by atoms with Crippen LogP contribution in [0.3, 0.4) is 0 Å². The molecule has 0 bridgehead atoms. The van der Waals surface area contributed by atoms with Gasteiger partial charge in [0, 0.05) is 47.6 Å². The van der Waals surface area contributed by atoms with Crippen LogP contribution in [0.5, 0.6) is 0 Å². The zero-order chi connectivity index (χ0) is 30.5. The van der Waals surface area contributed by atoms with Crippen molar-refractivity contribution in [3.63, 3.8) is 0 Å². The van der Waals surface area contributed by atoms with E-state index in [0.717, 1.165) is 28.0 Å². The van der Waals surface area contributed by atoms with Crippen LogP contribution in [0.1, 0.15) is 55.7 Å². The van der Waals surface area contributed by atoms with Crippen molar-refractivity contribution in [1.29, 1.82) is 0 Å². The summed E-state index contributed by atoms with van der Waals surface area (Å²) in [6.45, 7) is 9.51. The summed E-state index contributed by atoms with van der Waals surface area (Å²) in [4.78, 5) is 44.9. The van der Waals surface area contributed by atoms with E-state index in [0.29, 0.717) is 22.0 Å². The van der Waals surface area contributed by atoms with Gasteiger partial charge < -0.3 is 14.8 Å². The van der Waals surface area contributed by atoms with Crippen molar-refractivity contribution in [3.8, 4) is 11.1 Å². The number of carbonyl (C=O) groups is 3. The van der Waals surface area contributed by atoms with Crippen molar-refractivity contribution in [3.05, 3.63) is 65.0 Å². The summed E-state index contributed by atoms with van der Waals surface area (Å²) >= 11 is 0. The van der Waals surface area contributed by atoms with Crippen LogP contribution in [-0.4, -0.2) is 66.5 Å². The van der Waals surface area contributed by atoms with Gasteiger partial charge in [-0.25, -0.2) is 18.3 Å². The molecule has 0 saturated carbocycles. The Bertz CT molecular complexity index is 1770. The minimum atomic E-state index is -1.38. The van der Waals surface area contributed by atoms with E-state index in [1.165, 1.54) is 18.7 Å². The van der Waals surface area contributed by atoms with E-state index in [1.807, 2.05) is 38.2 Å². The van der Waals surface area contributed by atoms with Crippen molar-refractivity contribution < 1.29 is 23.2 Å². The van der Waals surface area contributed by atoms with E-state index < -0.39 is 35.9 Å². The number of fused-ring (bicyclic) bond motifs is 2. The lowest BCUT2D eigenvalue weighted by atomic mass is 10.0. The summed E-state index contributed by atoms with van der Waals surface area (Å²) in [6.07, 6.45) is 3.71. The molecule has 3 atom stereocenters. The van der Waals surface area contributed by atoms with E-state index >= 15 is 0 Å². The highest BCUT2D eigenvalue weighted by molar-refractivity contribution is 6.09. The van der Waals surface area contributed by atoms with E-state index in [2.05, 4.69) is 15.4 Å². The fraction of sp³-hybridized carbons (Fsp3) is 0.387. The molecule has 42 heavy (non-hydrogen) atoms. The third-order valence-corrected chi connectivity index (χ3v) is 7.71. The van der Waals surface area contributed by atoms with Crippen LogP contribution < -0.4 is 5.32 Å². The van der Waals surface area contributed by atoms with Gasteiger partial charge in [0.05, 0.1) is 23.8 Å². The number of alkyl halides is 1. The Morgan fingerprint density at radius 3 is 2.52 bits per heavy atom. The number of aryl methyl sites for hydroxylation is 2. The van der Waals surface area contributed by atoms with Crippen LogP contribution in [0.2, 0.25) is 0 Å². The minimum Gasteiger partial charge on any atom is -0.345 e. The van der Waals surface area contributed by atoms with Crippen molar-refractivity contribution in [2.75, 3.05) is 6.54 Å². The fourth-order valence-corrected chi connectivity index (χ4v) is 5.72. The molecule has 1 aliphatic rings. The standard InChI is InChI=1S/C31H34F2N6O3/c1-16(2)29(33)19(5)35-31(42)26-10-23(32)13-38(26)28(41)15-37-14-25(20(6)40)24-9-21(7-17(3)30(24)37)22-11-34-27-8-18(4)36-39(27)12-22/h7-9,11-12,14,19,23,26H,10,13,15H2,1-6H3,(H,35,42)/t19-,23-,26+/m1/s1. The monoisotopic (exact) mass is 576 g/mol. The van der Waals surface area contributed by atoms with Crippen LogP contribution in [0, 0.1) is 13.8 Å². The summed E-state index contributed by atoms with van der Waals surface area (Å²) in [5.41, 5.74) is 5.61. The zero-order valence-electron chi connectivity index (χ0n) is 24.5. The van der Waals surface area contributed by atoms with Gasteiger partial charge in [0.1, 0.15) is 24.6 Å². The van der Waals surface area contributed by atoms with Gasteiger partial charge in [-0.15, -0.1) is 0 Å². The topological polar surface area (TPSA) is 102 Å². The Kier molecular flexibility index (Phi) is 7.70. The van der Waals surface area contributed by atoms with E-state index in [-0.39, 0.29) is 25.3 Å². The molecule has 1 aliphatic heterocycles. The second-order valence-corrected chi connectivity index (χ2v) is 11.3. The molecule has 220 valence electrons. The number of rotatable bonds is 7. The van der Waals surface area contributed by atoms with Crippen molar-refractivity contribution in [2.45, 2.75) is 72.8 Å². The molecule has 11 heteroatoms. The summed E-state index contributed by atoms with van der Waals surface area (Å²) in [5.74, 6) is -1.72. The molecule has 1 fully saturated rings. The minimum absolute atomic E-state index is 0.164. The molecule has 0 spiro atoms. The van der Waals surface area contributed by atoms with Crippen molar-refractivity contribution >= 4 is 34.1 Å². The number of nitrogens with zero attached hydrogens (tertiary/aromatic N) is 5. The number of ketones is 1. The molecule has 3 aromatic heterocycles. The molecule has 1 saturated heterocycles. The molecule has 0 unspecified atom stereocenters. The van der Waals surface area contributed by atoms with Gasteiger partial charge in [-0.2, -0.15) is 5.10 Å². The number of halogens is 2. The predicted molar refractivity (Wildman–Crippen MR) is 155 cm³/mol. The highest BCUT2D eigenvalue weighted by Crippen LogP contribution is 2.32. The summed E-state index contributed by atoms with van der Waals surface area (Å²) in [6, 6.07) is 3.77. The van der Waals surface area contributed by atoms with E-state index in [1.54, 1.807) is 35.3 Å². The molecule has 9 nitrogen and oxygen atoms in total. The average molecular weight is 577 g/mol.